The Morgan fingerprint density at radius 1 is 1.11 bits per heavy atom. The zero-order valence-corrected chi connectivity index (χ0v) is 15.0. The van der Waals surface area contributed by atoms with Gasteiger partial charge in [-0.1, -0.05) is 41.9 Å². The molecule has 0 spiro atoms. The molecule has 0 bridgehead atoms. The summed E-state index contributed by atoms with van der Waals surface area (Å²) in [4.78, 5) is 24.2. The largest absolute Gasteiger partial charge is 0.418 e. The Bertz CT molecular complexity index is 813. The zero-order valence-electron chi connectivity index (χ0n) is 14.2. The summed E-state index contributed by atoms with van der Waals surface area (Å²) in [7, 11) is 1.44. The summed E-state index contributed by atoms with van der Waals surface area (Å²) in [6.07, 6.45) is -4.69. The molecule has 0 aliphatic rings. The van der Waals surface area contributed by atoms with E-state index in [0.29, 0.717) is 5.56 Å². The highest BCUT2D eigenvalue weighted by molar-refractivity contribution is 6.30. The van der Waals surface area contributed by atoms with Crippen LogP contribution in [0.15, 0.2) is 48.5 Å². The molecule has 2 aromatic carbocycles. The number of amides is 2. The van der Waals surface area contributed by atoms with E-state index >= 15 is 0 Å². The van der Waals surface area contributed by atoms with Gasteiger partial charge in [0.1, 0.15) is 6.04 Å². The Kier molecular flexibility index (Phi) is 6.81. The molecule has 0 saturated carbocycles. The van der Waals surface area contributed by atoms with Gasteiger partial charge in [-0.15, -0.1) is 0 Å². The molecule has 0 aliphatic heterocycles. The molecule has 2 aromatic rings. The molecule has 5 nitrogen and oxygen atoms in total. The Morgan fingerprint density at radius 3 is 2.37 bits per heavy atom. The molecular weight excluding hydrogens is 383 g/mol. The number of hydrogen-bond acceptors (Lipinski definition) is 3. The van der Waals surface area contributed by atoms with Crippen molar-refractivity contribution in [3.63, 3.8) is 0 Å². The van der Waals surface area contributed by atoms with Crippen molar-refractivity contribution in [3.8, 4) is 0 Å². The Hall–Kier alpha value is -2.58. The van der Waals surface area contributed by atoms with Gasteiger partial charge >= 0.3 is 6.18 Å². The standard InChI is InChI=1S/C18H17ClF3N3O2/c1-23-15(26)10-24-16(11-5-3-2-4-6-11)17(27)25-14-8-7-12(19)9-13(14)18(20,21)22/h2-9,16,24H,10H2,1H3,(H,23,26)(H,25,27)/t16-/m1/s1. The van der Waals surface area contributed by atoms with Crippen molar-refractivity contribution in [2.24, 2.45) is 0 Å². The number of hydrogen-bond donors (Lipinski definition) is 3. The van der Waals surface area contributed by atoms with Gasteiger partial charge in [0.25, 0.3) is 0 Å². The van der Waals surface area contributed by atoms with E-state index in [1.165, 1.54) is 13.1 Å². The average molecular weight is 400 g/mol. The number of carbonyl (C=O) groups is 2. The van der Waals surface area contributed by atoms with Crippen molar-refractivity contribution in [1.29, 1.82) is 0 Å². The summed E-state index contributed by atoms with van der Waals surface area (Å²) in [6, 6.07) is 10.4. The molecular formula is C18H17ClF3N3O2. The van der Waals surface area contributed by atoms with E-state index in [2.05, 4.69) is 16.0 Å². The van der Waals surface area contributed by atoms with Crippen LogP contribution in [-0.2, 0) is 15.8 Å². The number of nitrogens with one attached hydrogen (secondary N) is 3. The number of halogens is 4. The van der Waals surface area contributed by atoms with Gasteiger partial charge in [-0.25, -0.2) is 0 Å². The van der Waals surface area contributed by atoms with Gasteiger partial charge in [-0.2, -0.15) is 13.2 Å². The van der Waals surface area contributed by atoms with Crippen molar-refractivity contribution in [2.75, 3.05) is 18.9 Å². The number of rotatable bonds is 6. The lowest BCUT2D eigenvalue weighted by Gasteiger charge is -2.20. The average Bonchev–Trinajstić information content (AvgIpc) is 2.63. The summed E-state index contributed by atoms with van der Waals surface area (Å²) in [6.45, 7) is -0.184. The van der Waals surface area contributed by atoms with Gasteiger partial charge in [0.15, 0.2) is 0 Å². The minimum Gasteiger partial charge on any atom is -0.358 e. The number of carbonyl (C=O) groups excluding carboxylic acids is 2. The monoisotopic (exact) mass is 399 g/mol. The fraction of sp³-hybridized carbons (Fsp3) is 0.222. The molecule has 0 radical (unpaired) electrons. The predicted molar refractivity (Wildman–Crippen MR) is 96.3 cm³/mol. The minimum absolute atomic E-state index is 0.0994. The summed E-state index contributed by atoms with van der Waals surface area (Å²) in [5, 5.41) is 7.32. The molecule has 3 N–H and O–H groups in total. The summed E-state index contributed by atoms with van der Waals surface area (Å²) in [5.41, 5.74) is -0.970. The molecule has 0 aromatic heterocycles. The lowest BCUT2D eigenvalue weighted by atomic mass is 10.1. The van der Waals surface area contributed by atoms with Crippen LogP contribution in [0.5, 0.6) is 0 Å². The van der Waals surface area contributed by atoms with E-state index in [9.17, 15) is 22.8 Å². The molecule has 2 rings (SSSR count). The molecule has 0 saturated heterocycles. The lowest BCUT2D eigenvalue weighted by molar-refractivity contribution is -0.137. The summed E-state index contributed by atoms with van der Waals surface area (Å²) in [5.74, 6) is -1.11. The molecule has 0 aliphatic carbocycles. The Balaban J connectivity index is 2.30. The molecule has 9 heteroatoms. The first kappa shape index (κ1) is 20.7. The molecule has 144 valence electrons. The molecule has 1 atom stereocenters. The van der Waals surface area contributed by atoms with Crippen LogP contribution in [0.2, 0.25) is 5.02 Å². The second kappa shape index (κ2) is 8.88. The third kappa shape index (κ3) is 5.70. The molecule has 0 fully saturated rings. The van der Waals surface area contributed by atoms with Crippen LogP contribution in [0.25, 0.3) is 0 Å². The predicted octanol–water partition coefficient (Wildman–Crippen LogP) is 3.37. The fourth-order valence-electron chi connectivity index (χ4n) is 2.36. The van der Waals surface area contributed by atoms with Gasteiger partial charge in [-0.05, 0) is 23.8 Å². The Morgan fingerprint density at radius 2 is 1.78 bits per heavy atom. The third-order valence-corrected chi connectivity index (χ3v) is 3.92. The van der Waals surface area contributed by atoms with Crippen molar-refractivity contribution in [3.05, 3.63) is 64.7 Å². The second-order valence-corrected chi connectivity index (χ2v) is 6.01. The normalized spacial score (nSPS) is 12.3. The summed E-state index contributed by atoms with van der Waals surface area (Å²) < 4.78 is 39.7. The van der Waals surface area contributed by atoms with E-state index < -0.39 is 29.4 Å². The number of likely N-dealkylation sites (N-methyl/N-ethyl adjacent to an activating group) is 1. The van der Waals surface area contributed by atoms with Crippen LogP contribution in [0.3, 0.4) is 0 Å². The minimum atomic E-state index is -4.69. The Labute approximate surface area is 158 Å². The van der Waals surface area contributed by atoms with Gasteiger partial charge < -0.3 is 10.6 Å². The SMILES string of the molecule is CNC(=O)CN[C@@H](C(=O)Nc1ccc(Cl)cc1C(F)(F)F)c1ccccc1. The smallest absolute Gasteiger partial charge is 0.358 e. The van der Waals surface area contributed by atoms with Crippen molar-refractivity contribution in [2.45, 2.75) is 12.2 Å². The highest BCUT2D eigenvalue weighted by Gasteiger charge is 2.35. The maximum absolute atomic E-state index is 13.2. The van der Waals surface area contributed by atoms with E-state index in [0.717, 1.165) is 12.1 Å². The third-order valence-electron chi connectivity index (χ3n) is 3.69. The van der Waals surface area contributed by atoms with Crippen LogP contribution >= 0.6 is 11.6 Å². The van der Waals surface area contributed by atoms with Crippen molar-refractivity contribution >= 4 is 29.1 Å². The maximum Gasteiger partial charge on any atom is 0.418 e. The lowest BCUT2D eigenvalue weighted by Crippen LogP contribution is -2.39. The first-order valence-electron chi connectivity index (χ1n) is 7.89. The van der Waals surface area contributed by atoms with Crippen LogP contribution < -0.4 is 16.0 Å². The van der Waals surface area contributed by atoms with Crippen molar-refractivity contribution < 1.29 is 22.8 Å². The summed E-state index contributed by atoms with van der Waals surface area (Å²) >= 11 is 5.65. The van der Waals surface area contributed by atoms with Crippen LogP contribution in [0, 0.1) is 0 Å². The van der Waals surface area contributed by atoms with Gasteiger partial charge in [0, 0.05) is 12.1 Å². The molecule has 2 amide bonds. The van der Waals surface area contributed by atoms with Gasteiger partial charge in [-0.3, -0.25) is 14.9 Å². The second-order valence-electron chi connectivity index (χ2n) is 5.57. The van der Waals surface area contributed by atoms with Crippen LogP contribution in [-0.4, -0.2) is 25.4 Å². The van der Waals surface area contributed by atoms with Crippen molar-refractivity contribution in [1.82, 2.24) is 10.6 Å². The first-order chi connectivity index (χ1) is 12.7. The van der Waals surface area contributed by atoms with E-state index in [4.69, 9.17) is 11.6 Å². The number of benzene rings is 2. The van der Waals surface area contributed by atoms with Crippen LogP contribution in [0.1, 0.15) is 17.2 Å². The quantitative estimate of drug-likeness (QED) is 0.697. The van der Waals surface area contributed by atoms with Gasteiger partial charge in [0.2, 0.25) is 11.8 Å². The topological polar surface area (TPSA) is 70.2 Å². The number of anilines is 1. The first-order valence-corrected chi connectivity index (χ1v) is 8.26. The van der Waals surface area contributed by atoms with E-state index in [1.54, 1.807) is 30.3 Å². The number of alkyl halides is 3. The fourth-order valence-corrected chi connectivity index (χ4v) is 2.53. The van der Waals surface area contributed by atoms with E-state index in [1.807, 2.05) is 0 Å². The van der Waals surface area contributed by atoms with E-state index in [-0.39, 0.29) is 17.5 Å². The molecule has 27 heavy (non-hydrogen) atoms. The molecule has 0 heterocycles. The highest BCUT2D eigenvalue weighted by atomic mass is 35.5. The highest BCUT2D eigenvalue weighted by Crippen LogP contribution is 2.36. The molecule has 0 unspecified atom stereocenters. The maximum atomic E-state index is 13.2. The van der Waals surface area contributed by atoms with Crippen LogP contribution in [0.4, 0.5) is 18.9 Å². The van der Waals surface area contributed by atoms with Gasteiger partial charge in [0.05, 0.1) is 17.8 Å². The zero-order chi connectivity index (χ0) is 20.0.